The van der Waals surface area contributed by atoms with E-state index in [0.717, 1.165) is 17.0 Å². The molecule has 11 heteroatoms. The third kappa shape index (κ3) is 6.67. The number of nitrogens with one attached hydrogen (secondary N) is 2. The first-order valence-electron chi connectivity index (χ1n) is 9.89. The lowest BCUT2D eigenvalue weighted by Crippen LogP contribution is -2.22. The van der Waals surface area contributed by atoms with Crippen molar-refractivity contribution in [2.24, 2.45) is 0 Å². The fourth-order valence-electron chi connectivity index (χ4n) is 2.85. The van der Waals surface area contributed by atoms with E-state index in [4.69, 9.17) is 4.74 Å². The van der Waals surface area contributed by atoms with Gasteiger partial charge in [0.25, 0.3) is 10.0 Å². The van der Waals surface area contributed by atoms with Gasteiger partial charge in [0.1, 0.15) is 5.75 Å². The number of methoxy groups -OCH3 is 1. The van der Waals surface area contributed by atoms with Crippen LogP contribution in [0.2, 0.25) is 0 Å². The molecular formula is C23H21F3N2O4S2. The number of alkyl halides is 3. The number of benzene rings is 3. The molecule has 1 amide bonds. The van der Waals surface area contributed by atoms with E-state index < -0.39 is 27.0 Å². The Balaban J connectivity index is 1.63. The molecule has 0 spiro atoms. The highest BCUT2D eigenvalue weighted by Crippen LogP contribution is 2.31. The van der Waals surface area contributed by atoms with Gasteiger partial charge in [-0.2, -0.15) is 13.2 Å². The molecule has 0 bridgehead atoms. The van der Waals surface area contributed by atoms with Crippen molar-refractivity contribution in [2.45, 2.75) is 28.1 Å². The number of thioether (sulfide) groups is 1. The Morgan fingerprint density at radius 3 is 2.21 bits per heavy atom. The van der Waals surface area contributed by atoms with Gasteiger partial charge in [-0.3, -0.25) is 9.52 Å². The fourth-order valence-corrected chi connectivity index (χ4v) is 4.76. The van der Waals surface area contributed by atoms with Crippen LogP contribution in [0.4, 0.5) is 24.5 Å². The van der Waals surface area contributed by atoms with E-state index in [0.29, 0.717) is 17.5 Å². The van der Waals surface area contributed by atoms with Crippen molar-refractivity contribution in [2.75, 3.05) is 17.1 Å². The molecule has 3 aromatic rings. The minimum absolute atomic E-state index is 0.163. The van der Waals surface area contributed by atoms with Gasteiger partial charge in [0.2, 0.25) is 5.91 Å². The summed E-state index contributed by atoms with van der Waals surface area (Å²) >= 11 is 1.35. The highest BCUT2D eigenvalue weighted by molar-refractivity contribution is 8.00. The Hall–Kier alpha value is -3.18. The van der Waals surface area contributed by atoms with Crippen molar-refractivity contribution in [3.05, 3.63) is 78.4 Å². The standard InChI is InChI=1S/C23H21F3N2O4S2/c1-15(33-20-10-8-19(32-2)9-11-20)22(29)27-17-6-12-21(13-7-17)34(30,31)28-18-5-3-4-16(14-18)23(24,25)26/h3-15,28H,1-2H3,(H,27,29)/t15-/m0/s1. The van der Waals surface area contributed by atoms with Crippen molar-refractivity contribution in [1.29, 1.82) is 0 Å². The normalized spacial score (nSPS) is 12.6. The average molecular weight is 511 g/mol. The number of carbonyl (C=O) groups is 1. The van der Waals surface area contributed by atoms with Crippen LogP contribution in [0.5, 0.6) is 5.75 Å². The van der Waals surface area contributed by atoms with Gasteiger partial charge in [-0.05, 0) is 73.7 Å². The number of rotatable bonds is 8. The molecule has 0 saturated heterocycles. The van der Waals surface area contributed by atoms with Crippen LogP contribution in [-0.4, -0.2) is 26.7 Å². The second-order valence-electron chi connectivity index (χ2n) is 7.13. The van der Waals surface area contributed by atoms with Crippen LogP contribution < -0.4 is 14.8 Å². The molecule has 0 unspecified atom stereocenters. The molecule has 0 aromatic heterocycles. The Labute approximate surface area is 199 Å². The number of amides is 1. The predicted octanol–water partition coefficient (Wildman–Crippen LogP) is 5.63. The molecule has 0 aliphatic rings. The van der Waals surface area contributed by atoms with Gasteiger partial charge >= 0.3 is 6.18 Å². The van der Waals surface area contributed by atoms with E-state index in [1.165, 1.54) is 42.1 Å². The SMILES string of the molecule is COc1ccc(S[C@@H](C)C(=O)Nc2ccc(S(=O)(=O)Nc3cccc(C(F)(F)F)c3)cc2)cc1. The lowest BCUT2D eigenvalue weighted by atomic mass is 10.2. The van der Waals surface area contributed by atoms with Crippen LogP contribution in [0, 0.1) is 0 Å². The summed E-state index contributed by atoms with van der Waals surface area (Å²) < 4.78 is 71.0. The molecule has 0 fully saturated rings. The van der Waals surface area contributed by atoms with Gasteiger partial charge < -0.3 is 10.1 Å². The minimum atomic E-state index is -4.59. The lowest BCUT2D eigenvalue weighted by Gasteiger charge is -2.13. The number of carbonyl (C=O) groups excluding carboxylic acids is 1. The maximum absolute atomic E-state index is 12.9. The first-order valence-corrected chi connectivity index (χ1v) is 12.3. The summed E-state index contributed by atoms with van der Waals surface area (Å²) in [6.45, 7) is 1.74. The van der Waals surface area contributed by atoms with Crippen LogP contribution in [0.15, 0.2) is 82.6 Å². The van der Waals surface area contributed by atoms with Gasteiger partial charge in [-0.1, -0.05) is 6.07 Å². The quantitative estimate of drug-likeness (QED) is 0.384. The third-order valence-corrected chi connectivity index (χ3v) is 7.12. The molecule has 180 valence electrons. The molecule has 3 rings (SSSR count). The molecule has 0 aliphatic carbocycles. The highest BCUT2D eigenvalue weighted by Gasteiger charge is 2.30. The topological polar surface area (TPSA) is 84.5 Å². The Morgan fingerprint density at radius 2 is 1.62 bits per heavy atom. The number of hydrogen-bond donors (Lipinski definition) is 2. The summed E-state index contributed by atoms with van der Waals surface area (Å²) in [5, 5.41) is 2.28. The molecule has 0 saturated carbocycles. The molecule has 34 heavy (non-hydrogen) atoms. The van der Waals surface area contributed by atoms with E-state index in [1.54, 1.807) is 26.2 Å². The molecule has 2 N–H and O–H groups in total. The second kappa shape index (κ2) is 10.4. The van der Waals surface area contributed by atoms with Gasteiger partial charge in [0, 0.05) is 16.3 Å². The summed E-state index contributed by atoms with van der Waals surface area (Å²) in [5.74, 6) is 0.428. The van der Waals surface area contributed by atoms with Crippen molar-refractivity contribution in [3.63, 3.8) is 0 Å². The highest BCUT2D eigenvalue weighted by atomic mass is 32.2. The van der Waals surface area contributed by atoms with Crippen LogP contribution in [0.3, 0.4) is 0 Å². The number of hydrogen-bond acceptors (Lipinski definition) is 5. The predicted molar refractivity (Wildman–Crippen MR) is 126 cm³/mol. The summed E-state index contributed by atoms with van der Waals surface area (Å²) in [5.41, 5.74) is -0.797. The summed E-state index contributed by atoms with van der Waals surface area (Å²) in [4.78, 5) is 13.2. The molecule has 0 aliphatic heterocycles. The van der Waals surface area contributed by atoms with E-state index in [-0.39, 0.29) is 16.5 Å². The van der Waals surface area contributed by atoms with Crippen LogP contribution in [0.1, 0.15) is 12.5 Å². The van der Waals surface area contributed by atoms with Crippen molar-refractivity contribution in [1.82, 2.24) is 0 Å². The monoisotopic (exact) mass is 510 g/mol. The van der Waals surface area contributed by atoms with E-state index in [9.17, 15) is 26.4 Å². The minimum Gasteiger partial charge on any atom is -0.497 e. The molecule has 1 atom stereocenters. The van der Waals surface area contributed by atoms with Crippen LogP contribution in [-0.2, 0) is 21.0 Å². The third-order valence-electron chi connectivity index (χ3n) is 4.62. The molecule has 6 nitrogen and oxygen atoms in total. The maximum Gasteiger partial charge on any atom is 0.416 e. The molecule has 0 heterocycles. The zero-order chi connectivity index (χ0) is 24.9. The number of ether oxygens (including phenoxy) is 1. The Bertz CT molecular complexity index is 1250. The first kappa shape index (κ1) is 25.4. The van der Waals surface area contributed by atoms with E-state index in [1.807, 2.05) is 12.1 Å². The molecule has 0 radical (unpaired) electrons. The number of sulfonamides is 1. The fraction of sp³-hybridized carbons (Fsp3) is 0.174. The lowest BCUT2D eigenvalue weighted by molar-refractivity contribution is -0.137. The van der Waals surface area contributed by atoms with Gasteiger partial charge in [0.05, 0.1) is 22.8 Å². The zero-order valence-electron chi connectivity index (χ0n) is 18.1. The molecular weight excluding hydrogens is 489 g/mol. The van der Waals surface area contributed by atoms with Crippen molar-refractivity contribution < 1.29 is 31.1 Å². The average Bonchev–Trinajstić information content (AvgIpc) is 2.79. The van der Waals surface area contributed by atoms with Gasteiger partial charge in [-0.25, -0.2) is 8.42 Å². The van der Waals surface area contributed by atoms with E-state index in [2.05, 4.69) is 10.0 Å². The zero-order valence-corrected chi connectivity index (χ0v) is 19.7. The van der Waals surface area contributed by atoms with Gasteiger partial charge in [-0.15, -0.1) is 11.8 Å². The maximum atomic E-state index is 12.9. The Kier molecular flexibility index (Phi) is 7.78. The van der Waals surface area contributed by atoms with Crippen LogP contribution >= 0.6 is 11.8 Å². The van der Waals surface area contributed by atoms with Gasteiger partial charge in [0.15, 0.2) is 0 Å². The second-order valence-corrected chi connectivity index (χ2v) is 10.2. The largest absolute Gasteiger partial charge is 0.497 e. The molecule has 3 aromatic carbocycles. The summed E-state index contributed by atoms with van der Waals surface area (Å²) in [7, 11) is -2.56. The first-order chi connectivity index (χ1) is 16.0. The van der Waals surface area contributed by atoms with Crippen LogP contribution in [0.25, 0.3) is 0 Å². The van der Waals surface area contributed by atoms with Crippen molar-refractivity contribution >= 4 is 39.1 Å². The number of anilines is 2. The van der Waals surface area contributed by atoms with E-state index >= 15 is 0 Å². The smallest absolute Gasteiger partial charge is 0.416 e. The summed E-state index contributed by atoms with van der Waals surface area (Å²) in [6.07, 6.45) is -4.59. The Morgan fingerprint density at radius 1 is 0.971 bits per heavy atom. The van der Waals surface area contributed by atoms with Crippen molar-refractivity contribution in [3.8, 4) is 5.75 Å². The number of halogens is 3. The summed E-state index contributed by atoms with van der Waals surface area (Å²) in [6, 6.07) is 16.5.